The molecule has 1 atom stereocenters. The van der Waals surface area contributed by atoms with Crippen molar-refractivity contribution in [2.24, 2.45) is 0 Å². The third-order valence-electron chi connectivity index (χ3n) is 4.41. The molecule has 2 aliphatic rings. The lowest BCUT2D eigenvalue weighted by molar-refractivity contribution is -0.883. The summed E-state index contributed by atoms with van der Waals surface area (Å²) >= 11 is 7.80. The second kappa shape index (κ2) is 7.11. The van der Waals surface area contributed by atoms with E-state index in [0.717, 1.165) is 31.7 Å². The van der Waals surface area contributed by atoms with Gasteiger partial charge in [-0.1, -0.05) is 29.8 Å². The summed E-state index contributed by atoms with van der Waals surface area (Å²) in [6.45, 7) is 3.58. The van der Waals surface area contributed by atoms with Gasteiger partial charge in [0.25, 0.3) is 0 Å². The Morgan fingerprint density at radius 2 is 2.04 bits per heavy atom. The van der Waals surface area contributed by atoms with E-state index in [2.05, 4.69) is 7.05 Å². The SMILES string of the molecule is C[NH+]1CCN(C(=O)CN2C(=O)CS[C@H]2c2ccccc2Cl)CC1. The molecule has 1 N–H and O–H groups in total. The van der Waals surface area contributed by atoms with E-state index in [9.17, 15) is 9.59 Å². The van der Waals surface area contributed by atoms with E-state index in [1.54, 1.807) is 4.90 Å². The minimum absolute atomic E-state index is 0.00743. The van der Waals surface area contributed by atoms with Gasteiger partial charge in [0, 0.05) is 10.6 Å². The number of rotatable bonds is 3. The summed E-state index contributed by atoms with van der Waals surface area (Å²) < 4.78 is 0. The highest BCUT2D eigenvalue weighted by Crippen LogP contribution is 2.41. The quantitative estimate of drug-likeness (QED) is 0.847. The number of nitrogens with zero attached hydrogens (tertiary/aromatic N) is 2. The first-order chi connectivity index (χ1) is 11.1. The molecule has 0 bridgehead atoms. The van der Waals surface area contributed by atoms with Gasteiger partial charge in [-0.05, 0) is 6.07 Å². The highest BCUT2D eigenvalue weighted by molar-refractivity contribution is 8.00. The van der Waals surface area contributed by atoms with Gasteiger partial charge in [0.05, 0.1) is 39.0 Å². The molecule has 2 heterocycles. The number of hydrogen-bond acceptors (Lipinski definition) is 3. The summed E-state index contributed by atoms with van der Waals surface area (Å²) in [7, 11) is 2.13. The van der Waals surface area contributed by atoms with Crippen molar-refractivity contribution in [3.63, 3.8) is 0 Å². The highest BCUT2D eigenvalue weighted by atomic mass is 35.5. The molecule has 2 saturated heterocycles. The minimum atomic E-state index is -0.168. The van der Waals surface area contributed by atoms with Crippen molar-refractivity contribution < 1.29 is 14.5 Å². The lowest BCUT2D eigenvalue weighted by atomic mass is 10.2. The molecule has 0 spiro atoms. The predicted octanol–water partition coefficient (Wildman–Crippen LogP) is 0.271. The number of amides is 2. The molecule has 2 amide bonds. The molecule has 124 valence electrons. The van der Waals surface area contributed by atoms with E-state index < -0.39 is 0 Å². The number of thioether (sulfide) groups is 1. The van der Waals surface area contributed by atoms with Gasteiger partial charge in [-0.2, -0.15) is 0 Å². The van der Waals surface area contributed by atoms with Crippen molar-refractivity contribution in [1.82, 2.24) is 9.80 Å². The number of hydrogen-bond donors (Lipinski definition) is 1. The number of nitrogens with one attached hydrogen (secondary N) is 1. The summed E-state index contributed by atoms with van der Waals surface area (Å²) in [4.78, 5) is 29.8. The number of carbonyl (C=O) groups is 2. The fourth-order valence-electron chi connectivity index (χ4n) is 2.94. The van der Waals surface area contributed by atoms with Crippen LogP contribution in [-0.4, -0.2) is 67.1 Å². The number of quaternary nitrogens is 1. The molecule has 0 radical (unpaired) electrons. The molecule has 2 fully saturated rings. The Morgan fingerprint density at radius 1 is 1.35 bits per heavy atom. The third-order valence-corrected chi connectivity index (χ3v) is 6.00. The van der Waals surface area contributed by atoms with Gasteiger partial charge in [0.1, 0.15) is 11.9 Å². The Balaban J connectivity index is 1.71. The Labute approximate surface area is 145 Å². The zero-order valence-corrected chi connectivity index (χ0v) is 14.7. The van der Waals surface area contributed by atoms with E-state index in [4.69, 9.17) is 11.6 Å². The van der Waals surface area contributed by atoms with E-state index >= 15 is 0 Å². The molecule has 2 aliphatic heterocycles. The second-order valence-electron chi connectivity index (χ2n) is 6.04. The number of piperazine rings is 1. The van der Waals surface area contributed by atoms with E-state index in [-0.39, 0.29) is 23.7 Å². The van der Waals surface area contributed by atoms with Gasteiger partial charge >= 0.3 is 0 Å². The average Bonchev–Trinajstić information content (AvgIpc) is 2.89. The molecule has 1 aromatic rings. The molecule has 0 unspecified atom stereocenters. The molecule has 1 aromatic carbocycles. The van der Waals surface area contributed by atoms with Gasteiger partial charge in [-0.25, -0.2) is 0 Å². The lowest BCUT2D eigenvalue weighted by Crippen LogP contribution is -3.12. The van der Waals surface area contributed by atoms with Crippen LogP contribution in [0, 0.1) is 0 Å². The molecule has 3 rings (SSSR count). The molecule has 23 heavy (non-hydrogen) atoms. The Kier molecular flexibility index (Phi) is 5.14. The van der Waals surface area contributed by atoms with Crippen LogP contribution in [0.3, 0.4) is 0 Å². The fraction of sp³-hybridized carbons (Fsp3) is 0.500. The van der Waals surface area contributed by atoms with Crippen molar-refractivity contribution >= 4 is 35.2 Å². The molecular weight excluding hydrogens is 334 g/mol. The maximum absolute atomic E-state index is 12.5. The van der Waals surface area contributed by atoms with Gasteiger partial charge in [-0.15, -0.1) is 11.8 Å². The van der Waals surface area contributed by atoms with Crippen LogP contribution in [0.25, 0.3) is 0 Å². The largest absolute Gasteiger partial charge is 0.334 e. The zero-order valence-electron chi connectivity index (χ0n) is 13.1. The first-order valence-electron chi connectivity index (χ1n) is 7.81. The Hall–Kier alpha value is -1.24. The molecule has 5 nitrogen and oxygen atoms in total. The Bertz CT molecular complexity index is 605. The summed E-state index contributed by atoms with van der Waals surface area (Å²) in [6, 6.07) is 7.53. The number of benzene rings is 1. The van der Waals surface area contributed by atoms with Crippen molar-refractivity contribution in [3.05, 3.63) is 34.9 Å². The molecular formula is C16H21ClN3O2S+. The van der Waals surface area contributed by atoms with E-state index in [1.807, 2.05) is 29.2 Å². The van der Waals surface area contributed by atoms with Crippen LogP contribution >= 0.6 is 23.4 Å². The highest BCUT2D eigenvalue weighted by Gasteiger charge is 2.36. The second-order valence-corrected chi connectivity index (χ2v) is 7.52. The maximum Gasteiger partial charge on any atom is 0.242 e. The summed E-state index contributed by atoms with van der Waals surface area (Å²) in [5.74, 6) is 0.439. The van der Waals surface area contributed by atoms with Crippen LogP contribution in [0.4, 0.5) is 0 Å². The van der Waals surface area contributed by atoms with Crippen LogP contribution in [0.2, 0.25) is 5.02 Å². The number of carbonyl (C=O) groups excluding carboxylic acids is 2. The van der Waals surface area contributed by atoms with E-state index in [1.165, 1.54) is 16.7 Å². The first-order valence-corrected chi connectivity index (χ1v) is 9.23. The number of likely N-dealkylation sites (N-methyl/N-ethyl adjacent to an activating group) is 1. The average molecular weight is 355 g/mol. The molecule has 7 heteroatoms. The van der Waals surface area contributed by atoms with Crippen LogP contribution in [0.1, 0.15) is 10.9 Å². The standard InChI is InChI=1S/C16H20ClN3O2S/c1-18-6-8-19(9-7-18)14(21)10-20-15(22)11-23-16(20)12-4-2-3-5-13(12)17/h2-5,16H,6-11H2,1H3/p+1/t16-/m0/s1. The monoisotopic (exact) mass is 354 g/mol. The third kappa shape index (κ3) is 3.65. The van der Waals surface area contributed by atoms with Crippen LogP contribution in [-0.2, 0) is 9.59 Å². The van der Waals surface area contributed by atoms with E-state index in [0.29, 0.717) is 10.8 Å². The van der Waals surface area contributed by atoms with Gasteiger partial charge in [-0.3, -0.25) is 9.59 Å². The Morgan fingerprint density at radius 3 is 2.74 bits per heavy atom. The first kappa shape index (κ1) is 16.6. The normalized spacial score (nSPS) is 22.7. The minimum Gasteiger partial charge on any atom is -0.334 e. The molecule has 0 saturated carbocycles. The lowest BCUT2D eigenvalue weighted by Gasteiger charge is -2.32. The smallest absolute Gasteiger partial charge is 0.242 e. The van der Waals surface area contributed by atoms with Crippen molar-refractivity contribution in [2.45, 2.75) is 5.37 Å². The molecule has 0 aliphatic carbocycles. The number of halogens is 1. The summed E-state index contributed by atoms with van der Waals surface area (Å²) in [5, 5.41) is 0.471. The van der Waals surface area contributed by atoms with Crippen LogP contribution in [0.5, 0.6) is 0 Å². The van der Waals surface area contributed by atoms with Crippen molar-refractivity contribution in [2.75, 3.05) is 45.5 Å². The fourth-order valence-corrected chi connectivity index (χ4v) is 4.47. The maximum atomic E-state index is 12.5. The van der Waals surface area contributed by atoms with Gasteiger partial charge in [0.2, 0.25) is 11.8 Å². The van der Waals surface area contributed by atoms with Crippen LogP contribution < -0.4 is 4.90 Å². The van der Waals surface area contributed by atoms with Crippen molar-refractivity contribution in [1.29, 1.82) is 0 Å². The zero-order chi connectivity index (χ0) is 16.4. The summed E-state index contributed by atoms with van der Waals surface area (Å²) in [5.41, 5.74) is 0.903. The van der Waals surface area contributed by atoms with Gasteiger partial charge in [0.15, 0.2) is 0 Å². The summed E-state index contributed by atoms with van der Waals surface area (Å²) in [6.07, 6.45) is 0. The predicted molar refractivity (Wildman–Crippen MR) is 91.6 cm³/mol. The molecule has 0 aromatic heterocycles. The van der Waals surface area contributed by atoms with Gasteiger partial charge < -0.3 is 14.7 Å². The van der Waals surface area contributed by atoms with Crippen LogP contribution in [0.15, 0.2) is 24.3 Å². The topological polar surface area (TPSA) is 45.1 Å². The van der Waals surface area contributed by atoms with Crippen molar-refractivity contribution in [3.8, 4) is 0 Å².